The van der Waals surface area contributed by atoms with Crippen LogP contribution in [0.1, 0.15) is 30.1 Å². The monoisotopic (exact) mass is 310 g/mol. The molecule has 1 fully saturated rings. The molecule has 0 radical (unpaired) electrons. The van der Waals surface area contributed by atoms with Crippen LogP contribution in [0, 0.1) is 6.92 Å². The topological polar surface area (TPSA) is 35.0 Å². The smallest absolute Gasteiger partial charge is 0.298 e. The number of benzene rings is 1. The molecular weight excluding hydrogens is 300 g/mol. The maximum atomic E-state index is 5.75. The molecule has 3 nitrogen and oxygen atoms in total. The number of halogens is 1. The summed E-state index contributed by atoms with van der Waals surface area (Å²) in [6.45, 7) is 2.02. The molecule has 0 unspecified atom stereocenters. The average molecular weight is 311 g/mol. The fourth-order valence-electron chi connectivity index (χ4n) is 1.59. The Bertz CT molecular complexity index is 551. The van der Waals surface area contributed by atoms with E-state index < -0.39 is 0 Å². The second kappa shape index (κ2) is 4.38. The molecule has 1 aliphatic rings. The molecule has 1 heterocycles. The Kier molecular flexibility index (Phi) is 2.88. The lowest BCUT2D eigenvalue weighted by Crippen LogP contribution is -1.88. The van der Waals surface area contributed by atoms with Gasteiger partial charge >= 0.3 is 0 Å². The molecule has 0 N–H and O–H groups in total. The minimum absolute atomic E-state index is 0.578. The van der Waals surface area contributed by atoms with Crippen molar-refractivity contribution in [3.8, 4) is 10.9 Å². The third-order valence-electron chi connectivity index (χ3n) is 2.70. The van der Waals surface area contributed by atoms with Gasteiger partial charge in [0, 0.05) is 21.9 Å². The van der Waals surface area contributed by atoms with Crippen molar-refractivity contribution in [2.24, 2.45) is 0 Å². The highest BCUT2D eigenvalue weighted by molar-refractivity contribution is 9.10. The molecule has 3 rings (SSSR count). The predicted octanol–water partition coefficient (Wildman–Crippen LogP) is 4.28. The van der Waals surface area contributed by atoms with Crippen molar-refractivity contribution in [1.29, 1.82) is 0 Å². The number of ether oxygens (including phenoxy) is 1. The summed E-state index contributed by atoms with van der Waals surface area (Å²) < 4.78 is 11.1. The van der Waals surface area contributed by atoms with Crippen molar-refractivity contribution in [3.05, 3.63) is 34.1 Å². The van der Waals surface area contributed by atoms with Gasteiger partial charge in [-0.15, -0.1) is 0 Å². The number of hydrogen-bond acceptors (Lipinski definition) is 4. The van der Waals surface area contributed by atoms with Crippen molar-refractivity contribution in [1.82, 2.24) is 9.36 Å². The van der Waals surface area contributed by atoms with E-state index >= 15 is 0 Å². The van der Waals surface area contributed by atoms with Crippen molar-refractivity contribution >= 4 is 27.5 Å². The van der Waals surface area contributed by atoms with Crippen LogP contribution in [-0.2, 0) is 0 Å². The zero-order valence-corrected chi connectivity index (χ0v) is 11.7. The Morgan fingerprint density at radius 3 is 2.94 bits per heavy atom. The number of hydrogen-bond donors (Lipinski definition) is 0. The van der Waals surface area contributed by atoms with E-state index in [1.54, 1.807) is 0 Å². The number of nitrogens with zero attached hydrogens (tertiary/aromatic N) is 2. The van der Waals surface area contributed by atoms with Crippen LogP contribution < -0.4 is 4.74 Å². The summed E-state index contributed by atoms with van der Waals surface area (Å²) in [5.41, 5.74) is 1.09. The third kappa shape index (κ3) is 2.50. The van der Waals surface area contributed by atoms with Crippen LogP contribution >= 0.6 is 27.5 Å². The van der Waals surface area contributed by atoms with Crippen molar-refractivity contribution < 1.29 is 4.74 Å². The highest BCUT2D eigenvalue weighted by Crippen LogP contribution is 2.40. The Labute approximate surface area is 112 Å². The fraction of sp³-hybridized carbons (Fsp3) is 0.333. The van der Waals surface area contributed by atoms with E-state index in [9.17, 15) is 0 Å². The molecular formula is C12H11BrN2OS. The first kappa shape index (κ1) is 11.2. The van der Waals surface area contributed by atoms with Crippen LogP contribution in [0.25, 0.3) is 0 Å². The van der Waals surface area contributed by atoms with Crippen molar-refractivity contribution in [3.63, 3.8) is 0 Å². The molecule has 2 aromatic rings. The van der Waals surface area contributed by atoms with Crippen LogP contribution in [0.4, 0.5) is 0 Å². The van der Waals surface area contributed by atoms with Crippen molar-refractivity contribution in [2.75, 3.05) is 0 Å². The molecule has 0 aliphatic heterocycles. The molecule has 0 bridgehead atoms. The number of aryl methyl sites for hydroxylation is 1. The van der Waals surface area contributed by atoms with Gasteiger partial charge in [-0.1, -0.05) is 15.9 Å². The Morgan fingerprint density at radius 2 is 2.24 bits per heavy atom. The summed E-state index contributed by atoms with van der Waals surface area (Å²) in [5, 5.41) is 0.636. The van der Waals surface area contributed by atoms with E-state index in [1.165, 1.54) is 24.4 Å². The predicted molar refractivity (Wildman–Crippen MR) is 70.8 cm³/mol. The van der Waals surface area contributed by atoms with Crippen LogP contribution in [0.2, 0.25) is 0 Å². The van der Waals surface area contributed by atoms with Gasteiger partial charge in [-0.3, -0.25) is 0 Å². The summed E-state index contributed by atoms with van der Waals surface area (Å²) in [6.07, 6.45) is 2.43. The summed E-state index contributed by atoms with van der Waals surface area (Å²) in [6, 6.07) is 5.93. The van der Waals surface area contributed by atoms with Gasteiger partial charge in [0.15, 0.2) is 0 Å². The number of rotatable bonds is 3. The second-order valence-corrected chi connectivity index (χ2v) is 5.83. The maximum absolute atomic E-state index is 5.75. The lowest BCUT2D eigenvalue weighted by Gasteiger charge is -2.04. The molecule has 1 aromatic heterocycles. The van der Waals surface area contributed by atoms with Gasteiger partial charge in [0.05, 0.1) is 0 Å². The minimum Gasteiger partial charge on any atom is -0.430 e. The largest absolute Gasteiger partial charge is 0.430 e. The summed E-state index contributed by atoms with van der Waals surface area (Å²) in [4.78, 5) is 4.40. The molecule has 0 spiro atoms. The van der Waals surface area contributed by atoms with Crippen LogP contribution in [0.3, 0.4) is 0 Å². The average Bonchev–Trinajstić information content (AvgIpc) is 3.04. The van der Waals surface area contributed by atoms with Crippen LogP contribution in [0.5, 0.6) is 10.9 Å². The second-order valence-electron chi connectivity index (χ2n) is 4.20. The molecule has 1 aliphatic carbocycles. The minimum atomic E-state index is 0.578. The molecule has 5 heteroatoms. The normalized spacial score (nSPS) is 14.9. The quantitative estimate of drug-likeness (QED) is 0.848. The first-order valence-electron chi connectivity index (χ1n) is 5.50. The van der Waals surface area contributed by atoms with E-state index in [0.29, 0.717) is 11.1 Å². The zero-order chi connectivity index (χ0) is 11.8. The van der Waals surface area contributed by atoms with Crippen LogP contribution in [0.15, 0.2) is 22.7 Å². The Hall–Kier alpha value is -0.940. The van der Waals surface area contributed by atoms with E-state index in [0.717, 1.165) is 21.6 Å². The zero-order valence-electron chi connectivity index (χ0n) is 9.31. The molecule has 0 atom stereocenters. The highest BCUT2D eigenvalue weighted by atomic mass is 79.9. The summed E-state index contributed by atoms with van der Waals surface area (Å²) in [7, 11) is 0. The number of aromatic nitrogens is 2. The van der Waals surface area contributed by atoms with E-state index in [1.807, 2.05) is 25.1 Å². The molecule has 17 heavy (non-hydrogen) atoms. The lowest BCUT2D eigenvalue weighted by molar-refractivity contribution is 0.473. The van der Waals surface area contributed by atoms with E-state index in [4.69, 9.17) is 4.74 Å². The van der Waals surface area contributed by atoms with Gasteiger partial charge in [-0.2, -0.15) is 9.36 Å². The molecule has 1 saturated carbocycles. The van der Waals surface area contributed by atoms with Gasteiger partial charge in [0.2, 0.25) is 0 Å². The Balaban J connectivity index is 1.80. The van der Waals surface area contributed by atoms with E-state index in [-0.39, 0.29) is 0 Å². The maximum Gasteiger partial charge on any atom is 0.298 e. The van der Waals surface area contributed by atoms with Gasteiger partial charge in [-0.05, 0) is 43.5 Å². The third-order valence-corrected chi connectivity index (χ3v) is 3.80. The molecule has 1 aromatic carbocycles. The van der Waals surface area contributed by atoms with Gasteiger partial charge in [0.25, 0.3) is 5.19 Å². The Morgan fingerprint density at radius 1 is 1.41 bits per heavy atom. The molecule has 0 amide bonds. The van der Waals surface area contributed by atoms with E-state index in [2.05, 4.69) is 25.3 Å². The first-order chi connectivity index (χ1) is 8.22. The lowest BCUT2D eigenvalue weighted by atomic mass is 10.2. The standard InChI is InChI=1S/C12H11BrN2OS/c1-7-6-9(13)4-5-10(7)16-12-14-11(15-17-12)8-2-3-8/h4-6,8H,2-3H2,1H3. The summed E-state index contributed by atoms with van der Waals surface area (Å²) >= 11 is 4.76. The van der Waals surface area contributed by atoms with Gasteiger partial charge in [0.1, 0.15) is 11.6 Å². The van der Waals surface area contributed by atoms with Gasteiger partial charge < -0.3 is 4.74 Å². The van der Waals surface area contributed by atoms with Gasteiger partial charge in [-0.25, -0.2) is 0 Å². The summed E-state index contributed by atoms with van der Waals surface area (Å²) in [5.74, 6) is 2.36. The van der Waals surface area contributed by atoms with Crippen molar-refractivity contribution in [2.45, 2.75) is 25.7 Å². The highest BCUT2D eigenvalue weighted by Gasteiger charge is 2.28. The first-order valence-corrected chi connectivity index (χ1v) is 7.06. The van der Waals surface area contributed by atoms with Crippen LogP contribution in [-0.4, -0.2) is 9.36 Å². The molecule has 88 valence electrons. The fourth-order valence-corrected chi connectivity index (χ4v) is 2.69. The SMILES string of the molecule is Cc1cc(Br)ccc1Oc1nc(C2CC2)ns1. The molecule has 0 saturated heterocycles.